The number of carbonyl (C=O) groups excluding carboxylic acids is 3. The molecule has 0 radical (unpaired) electrons. The SMILES string of the molecule is O=C(COC(=O)CCC(=O)c1ccc(Cl)cc1)NCCc1ccc(Cl)cc1. The Morgan fingerprint density at radius 2 is 1.44 bits per heavy atom. The van der Waals surface area contributed by atoms with Crippen LogP contribution < -0.4 is 5.32 Å². The van der Waals surface area contributed by atoms with Gasteiger partial charge in [0, 0.05) is 28.6 Å². The molecule has 0 atom stereocenters. The third kappa shape index (κ3) is 7.81. The van der Waals surface area contributed by atoms with Crippen LogP contribution in [0.3, 0.4) is 0 Å². The molecule has 142 valence electrons. The van der Waals surface area contributed by atoms with Crippen molar-refractivity contribution in [1.82, 2.24) is 5.32 Å². The number of nitrogens with one attached hydrogen (secondary N) is 1. The van der Waals surface area contributed by atoms with Gasteiger partial charge in [0.1, 0.15) is 0 Å². The molecule has 0 aliphatic carbocycles. The van der Waals surface area contributed by atoms with Gasteiger partial charge in [0.05, 0.1) is 6.42 Å². The highest BCUT2D eigenvalue weighted by atomic mass is 35.5. The van der Waals surface area contributed by atoms with Gasteiger partial charge in [-0.2, -0.15) is 0 Å². The van der Waals surface area contributed by atoms with Crippen LogP contribution in [-0.2, 0) is 20.7 Å². The molecule has 1 amide bonds. The second-order valence-corrected chi connectivity index (χ2v) is 6.69. The van der Waals surface area contributed by atoms with Gasteiger partial charge in [0.15, 0.2) is 12.4 Å². The quantitative estimate of drug-likeness (QED) is 0.505. The molecule has 5 nitrogen and oxygen atoms in total. The van der Waals surface area contributed by atoms with Crippen LogP contribution in [0.25, 0.3) is 0 Å². The van der Waals surface area contributed by atoms with Crippen molar-refractivity contribution in [1.29, 1.82) is 0 Å². The molecule has 0 bridgehead atoms. The summed E-state index contributed by atoms with van der Waals surface area (Å²) in [5, 5.41) is 3.86. The van der Waals surface area contributed by atoms with Crippen LogP contribution in [0.1, 0.15) is 28.8 Å². The lowest BCUT2D eigenvalue weighted by molar-refractivity contribution is -0.148. The normalized spacial score (nSPS) is 10.3. The molecule has 0 unspecified atom stereocenters. The first-order valence-corrected chi connectivity index (χ1v) is 9.15. The molecule has 27 heavy (non-hydrogen) atoms. The summed E-state index contributed by atoms with van der Waals surface area (Å²) in [7, 11) is 0. The number of esters is 1. The number of Topliss-reactive ketones (excluding diaryl/α,β-unsaturated/α-hetero) is 1. The van der Waals surface area contributed by atoms with Crippen LogP contribution in [0.15, 0.2) is 48.5 Å². The van der Waals surface area contributed by atoms with E-state index in [1.54, 1.807) is 36.4 Å². The summed E-state index contributed by atoms with van der Waals surface area (Å²) in [5.41, 5.74) is 1.52. The second-order valence-electron chi connectivity index (χ2n) is 5.82. The fourth-order valence-electron chi connectivity index (χ4n) is 2.26. The number of rotatable bonds is 9. The number of halogens is 2. The van der Waals surface area contributed by atoms with Crippen molar-refractivity contribution in [3.63, 3.8) is 0 Å². The minimum atomic E-state index is -0.592. The maximum atomic E-state index is 12.0. The minimum Gasteiger partial charge on any atom is -0.456 e. The fraction of sp³-hybridized carbons (Fsp3) is 0.250. The summed E-state index contributed by atoms with van der Waals surface area (Å²) < 4.78 is 4.89. The van der Waals surface area contributed by atoms with E-state index in [9.17, 15) is 14.4 Å². The van der Waals surface area contributed by atoms with Gasteiger partial charge in [0.2, 0.25) is 0 Å². The summed E-state index contributed by atoms with van der Waals surface area (Å²) in [6.07, 6.45) is 0.574. The standard InChI is InChI=1S/C20H19Cl2NO4/c21-16-5-1-14(2-6-16)11-12-23-19(25)13-27-20(26)10-9-18(24)15-3-7-17(22)8-4-15/h1-8H,9-13H2,(H,23,25). The molecule has 0 spiro atoms. The monoisotopic (exact) mass is 407 g/mol. The van der Waals surface area contributed by atoms with Gasteiger partial charge in [0.25, 0.3) is 5.91 Å². The van der Waals surface area contributed by atoms with E-state index < -0.39 is 5.97 Å². The molecule has 0 saturated heterocycles. The molecule has 1 N–H and O–H groups in total. The summed E-state index contributed by atoms with van der Waals surface area (Å²) in [4.78, 5) is 35.3. The molecule has 7 heteroatoms. The number of benzene rings is 2. The van der Waals surface area contributed by atoms with Gasteiger partial charge < -0.3 is 10.1 Å². The molecular formula is C20H19Cl2NO4. The van der Waals surface area contributed by atoms with Crippen LogP contribution in [0.4, 0.5) is 0 Å². The number of hydrogen-bond donors (Lipinski definition) is 1. The van der Waals surface area contributed by atoms with Crippen molar-refractivity contribution >= 4 is 40.9 Å². The van der Waals surface area contributed by atoms with Gasteiger partial charge >= 0.3 is 5.97 Å². The lowest BCUT2D eigenvalue weighted by atomic mass is 10.1. The van der Waals surface area contributed by atoms with Gasteiger partial charge in [-0.15, -0.1) is 0 Å². The predicted octanol–water partition coefficient (Wildman–Crippen LogP) is 3.86. The summed E-state index contributed by atoms with van der Waals surface area (Å²) in [5.74, 6) is -1.16. The van der Waals surface area contributed by atoms with E-state index >= 15 is 0 Å². The molecule has 0 heterocycles. The van der Waals surface area contributed by atoms with Gasteiger partial charge in [-0.05, 0) is 48.4 Å². The molecule has 2 aromatic rings. The summed E-state index contributed by atoms with van der Waals surface area (Å²) in [6, 6.07) is 13.8. The Balaban J connectivity index is 1.61. The van der Waals surface area contributed by atoms with Gasteiger partial charge in [-0.1, -0.05) is 35.3 Å². The summed E-state index contributed by atoms with van der Waals surface area (Å²) in [6.45, 7) is 0.0572. The lowest BCUT2D eigenvalue weighted by Crippen LogP contribution is -2.30. The zero-order valence-corrected chi connectivity index (χ0v) is 16.1. The summed E-state index contributed by atoms with van der Waals surface area (Å²) >= 11 is 11.6. The van der Waals surface area contributed by atoms with Crippen LogP contribution in [0.5, 0.6) is 0 Å². The Hall–Kier alpha value is -2.37. The third-order valence-electron chi connectivity index (χ3n) is 3.74. The first-order valence-electron chi connectivity index (χ1n) is 8.39. The number of carbonyl (C=O) groups is 3. The highest BCUT2D eigenvalue weighted by Gasteiger charge is 2.12. The largest absolute Gasteiger partial charge is 0.456 e. The smallest absolute Gasteiger partial charge is 0.306 e. The first-order chi connectivity index (χ1) is 12.9. The third-order valence-corrected chi connectivity index (χ3v) is 4.24. The highest BCUT2D eigenvalue weighted by Crippen LogP contribution is 2.12. The number of ketones is 1. The highest BCUT2D eigenvalue weighted by molar-refractivity contribution is 6.30. The van der Waals surface area contributed by atoms with Crippen molar-refractivity contribution in [3.8, 4) is 0 Å². The first kappa shape index (κ1) is 20.9. The molecule has 2 aromatic carbocycles. The fourth-order valence-corrected chi connectivity index (χ4v) is 2.51. The van der Waals surface area contributed by atoms with E-state index in [2.05, 4.69) is 5.32 Å². The number of hydrogen-bond acceptors (Lipinski definition) is 4. The van der Waals surface area contributed by atoms with E-state index in [0.717, 1.165) is 5.56 Å². The predicted molar refractivity (Wildman–Crippen MR) is 104 cm³/mol. The van der Waals surface area contributed by atoms with Crippen LogP contribution in [0.2, 0.25) is 10.0 Å². The Kier molecular flexibility index (Phi) is 8.30. The number of amides is 1. The van der Waals surface area contributed by atoms with Crippen molar-refractivity contribution in [2.45, 2.75) is 19.3 Å². The van der Waals surface area contributed by atoms with E-state index in [1.165, 1.54) is 0 Å². The van der Waals surface area contributed by atoms with Gasteiger partial charge in [-0.3, -0.25) is 14.4 Å². The maximum absolute atomic E-state index is 12.0. The number of ether oxygens (including phenoxy) is 1. The lowest BCUT2D eigenvalue weighted by Gasteiger charge is -2.07. The van der Waals surface area contributed by atoms with Crippen LogP contribution >= 0.6 is 23.2 Å². The van der Waals surface area contributed by atoms with E-state index in [4.69, 9.17) is 27.9 Å². The Morgan fingerprint density at radius 3 is 2.07 bits per heavy atom. The van der Waals surface area contributed by atoms with E-state index in [-0.39, 0.29) is 31.1 Å². The Bertz CT molecular complexity index is 789. The average molecular weight is 408 g/mol. The van der Waals surface area contributed by atoms with Crippen molar-refractivity contribution in [3.05, 3.63) is 69.7 Å². The second kappa shape index (κ2) is 10.7. The average Bonchev–Trinajstić information content (AvgIpc) is 2.66. The Morgan fingerprint density at radius 1 is 0.852 bits per heavy atom. The molecule has 0 aliphatic rings. The molecule has 0 aromatic heterocycles. The van der Waals surface area contributed by atoms with E-state index in [1.807, 2.05) is 12.1 Å². The molecule has 0 saturated carbocycles. The zero-order valence-electron chi connectivity index (χ0n) is 14.5. The van der Waals surface area contributed by atoms with Crippen LogP contribution in [0, 0.1) is 0 Å². The molecule has 0 fully saturated rings. The van der Waals surface area contributed by atoms with E-state index in [0.29, 0.717) is 28.6 Å². The van der Waals surface area contributed by atoms with Crippen LogP contribution in [-0.4, -0.2) is 30.8 Å². The van der Waals surface area contributed by atoms with Crippen molar-refractivity contribution in [2.75, 3.05) is 13.2 Å². The van der Waals surface area contributed by atoms with Gasteiger partial charge in [-0.25, -0.2) is 0 Å². The topological polar surface area (TPSA) is 72.5 Å². The minimum absolute atomic E-state index is 0.0126. The zero-order chi connectivity index (χ0) is 19.6. The Labute approximate surface area is 167 Å². The molecule has 2 rings (SSSR count). The molecule has 0 aliphatic heterocycles. The van der Waals surface area contributed by atoms with Crippen molar-refractivity contribution in [2.24, 2.45) is 0 Å². The van der Waals surface area contributed by atoms with Crippen molar-refractivity contribution < 1.29 is 19.1 Å². The molecular weight excluding hydrogens is 389 g/mol. The maximum Gasteiger partial charge on any atom is 0.306 e.